The van der Waals surface area contributed by atoms with Gasteiger partial charge in [-0.2, -0.15) is 4.48 Å². The molecule has 1 N–H and O–H groups in total. The Hall–Kier alpha value is -2.32. The van der Waals surface area contributed by atoms with Crippen LogP contribution in [0.2, 0.25) is 5.15 Å². The average Bonchev–Trinajstić information content (AvgIpc) is 2.63. The van der Waals surface area contributed by atoms with Crippen molar-refractivity contribution in [2.75, 3.05) is 13.1 Å². The molecule has 1 saturated heterocycles. The molecule has 0 radical (unpaired) electrons. The number of carbonyl (C=O) groups excluding carboxylic acids is 3. The SMILES string of the molecule is CC[N+]1(CC(=O)O)C(=O)C(=O)N(Cc2cccc(Cl)n2)C1=O. The Morgan fingerprint density at radius 2 is 2.05 bits per heavy atom. The minimum Gasteiger partial charge on any atom is -0.477 e. The van der Waals surface area contributed by atoms with Crippen LogP contribution in [0, 0.1) is 0 Å². The van der Waals surface area contributed by atoms with Crippen LogP contribution in [0.15, 0.2) is 18.2 Å². The summed E-state index contributed by atoms with van der Waals surface area (Å²) in [5.74, 6) is -3.41. The summed E-state index contributed by atoms with van der Waals surface area (Å²) in [5, 5.41) is 9.11. The lowest BCUT2D eigenvalue weighted by atomic mass is 10.3. The van der Waals surface area contributed by atoms with E-state index in [9.17, 15) is 19.2 Å². The summed E-state index contributed by atoms with van der Waals surface area (Å²) in [6.07, 6.45) is 0. The number of pyridine rings is 1. The zero-order valence-electron chi connectivity index (χ0n) is 11.7. The van der Waals surface area contributed by atoms with Gasteiger partial charge >= 0.3 is 23.8 Å². The van der Waals surface area contributed by atoms with Gasteiger partial charge in [-0.15, -0.1) is 0 Å². The van der Waals surface area contributed by atoms with E-state index in [0.717, 1.165) is 0 Å². The van der Waals surface area contributed by atoms with E-state index in [1.165, 1.54) is 13.0 Å². The summed E-state index contributed by atoms with van der Waals surface area (Å²) in [4.78, 5) is 52.2. The van der Waals surface area contributed by atoms with Gasteiger partial charge in [0.1, 0.15) is 5.15 Å². The lowest BCUT2D eigenvalue weighted by Crippen LogP contribution is -2.56. The molecule has 0 aromatic carbocycles. The van der Waals surface area contributed by atoms with E-state index in [-0.39, 0.29) is 18.2 Å². The smallest absolute Gasteiger partial charge is 0.435 e. The number of urea groups is 1. The number of halogens is 1. The minimum absolute atomic E-state index is 0.116. The zero-order chi connectivity index (χ0) is 16.5. The quantitative estimate of drug-likeness (QED) is 0.368. The zero-order valence-corrected chi connectivity index (χ0v) is 12.4. The Labute approximate surface area is 130 Å². The fraction of sp³-hybridized carbons (Fsp3) is 0.308. The van der Waals surface area contributed by atoms with Crippen LogP contribution < -0.4 is 0 Å². The van der Waals surface area contributed by atoms with Crippen molar-refractivity contribution in [2.45, 2.75) is 13.5 Å². The highest BCUT2D eigenvalue weighted by atomic mass is 35.5. The van der Waals surface area contributed by atoms with Gasteiger partial charge in [-0.1, -0.05) is 17.7 Å². The lowest BCUT2D eigenvalue weighted by molar-refractivity contribution is -0.758. The lowest BCUT2D eigenvalue weighted by Gasteiger charge is -2.23. The third-order valence-electron chi connectivity index (χ3n) is 3.45. The number of aliphatic carboxylic acids is 1. The van der Waals surface area contributed by atoms with E-state index < -0.39 is 34.8 Å². The molecule has 2 rings (SSSR count). The number of carbonyl (C=O) groups is 4. The van der Waals surface area contributed by atoms with Crippen molar-refractivity contribution in [3.63, 3.8) is 0 Å². The van der Waals surface area contributed by atoms with E-state index in [2.05, 4.69) is 4.98 Å². The summed E-state index contributed by atoms with van der Waals surface area (Å²) in [6, 6.07) is 3.81. The van der Waals surface area contributed by atoms with Crippen molar-refractivity contribution in [1.29, 1.82) is 0 Å². The molecular formula is C13H13ClN3O5+. The summed E-state index contributed by atoms with van der Waals surface area (Å²) < 4.78 is -1.05. The maximum absolute atomic E-state index is 12.4. The van der Waals surface area contributed by atoms with Crippen LogP contribution >= 0.6 is 11.6 Å². The van der Waals surface area contributed by atoms with Crippen molar-refractivity contribution in [1.82, 2.24) is 9.88 Å². The molecular weight excluding hydrogens is 314 g/mol. The molecule has 1 aromatic rings. The molecule has 22 heavy (non-hydrogen) atoms. The van der Waals surface area contributed by atoms with Gasteiger partial charge in [0, 0.05) is 0 Å². The van der Waals surface area contributed by atoms with Crippen LogP contribution in [0.25, 0.3) is 0 Å². The molecule has 1 fully saturated rings. The molecule has 1 aliphatic rings. The Morgan fingerprint density at radius 1 is 1.36 bits per heavy atom. The molecule has 8 nitrogen and oxygen atoms in total. The first-order valence-electron chi connectivity index (χ1n) is 6.43. The molecule has 9 heteroatoms. The molecule has 4 amide bonds. The van der Waals surface area contributed by atoms with Crippen LogP contribution in [0.5, 0.6) is 0 Å². The topological polar surface area (TPSA) is 105 Å². The maximum atomic E-state index is 12.4. The molecule has 0 saturated carbocycles. The predicted molar refractivity (Wildman–Crippen MR) is 73.5 cm³/mol. The highest BCUT2D eigenvalue weighted by Gasteiger charge is 2.61. The van der Waals surface area contributed by atoms with Gasteiger partial charge < -0.3 is 5.11 Å². The summed E-state index contributed by atoms with van der Waals surface area (Å²) >= 11 is 5.74. The number of likely N-dealkylation sites (N-methyl/N-ethyl adjacent to an activating group) is 1. The molecule has 0 bridgehead atoms. The highest BCUT2D eigenvalue weighted by Crippen LogP contribution is 2.24. The van der Waals surface area contributed by atoms with E-state index in [0.29, 0.717) is 10.6 Å². The molecule has 1 aliphatic heterocycles. The van der Waals surface area contributed by atoms with Gasteiger partial charge in [0.2, 0.25) is 0 Å². The van der Waals surface area contributed by atoms with Gasteiger partial charge in [0.05, 0.1) is 18.8 Å². The molecule has 1 aromatic heterocycles. The van der Waals surface area contributed by atoms with E-state index in [4.69, 9.17) is 16.7 Å². The Bertz CT molecular complexity index is 677. The Morgan fingerprint density at radius 3 is 2.59 bits per heavy atom. The van der Waals surface area contributed by atoms with Crippen LogP contribution in [0.4, 0.5) is 4.79 Å². The minimum atomic E-state index is -1.33. The van der Waals surface area contributed by atoms with Crippen molar-refractivity contribution in [3.05, 3.63) is 29.0 Å². The number of aromatic nitrogens is 1. The second-order valence-electron chi connectivity index (χ2n) is 4.77. The van der Waals surface area contributed by atoms with Gasteiger partial charge in [0.15, 0.2) is 6.54 Å². The van der Waals surface area contributed by atoms with Gasteiger partial charge in [-0.05, 0) is 19.1 Å². The maximum Gasteiger partial charge on any atom is 0.435 e. The van der Waals surface area contributed by atoms with Crippen molar-refractivity contribution >= 4 is 35.4 Å². The summed E-state index contributed by atoms with van der Waals surface area (Å²) in [5.41, 5.74) is 0.327. The average molecular weight is 327 g/mol. The monoisotopic (exact) mass is 326 g/mol. The van der Waals surface area contributed by atoms with Crippen LogP contribution in [-0.2, 0) is 20.9 Å². The van der Waals surface area contributed by atoms with Crippen LogP contribution in [0.1, 0.15) is 12.6 Å². The summed E-state index contributed by atoms with van der Waals surface area (Å²) in [7, 11) is 0. The molecule has 116 valence electrons. The number of carboxylic acids is 1. The predicted octanol–water partition coefficient (Wildman–Crippen LogP) is 0.645. The summed E-state index contributed by atoms with van der Waals surface area (Å²) in [6.45, 7) is 0.366. The van der Waals surface area contributed by atoms with Crippen LogP contribution in [0.3, 0.4) is 0 Å². The normalized spacial score (nSPS) is 21.5. The van der Waals surface area contributed by atoms with Crippen molar-refractivity contribution in [3.8, 4) is 0 Å². The van der Waals surface area contributed by atoms with Gasteiger partial charge in [-0.25, -0.2) is 24.3 Å². The Kier molecular flexibility index (Phi) is 4.25. The number of quaternary nitrogens is 1. The number of rotatable bonds is 5. The first-order chi connectivity index (χ1) is 10.3. The first kappa shape index (κ1) is 16.1. The van der Waals surface area contributed by atoms with Crippen molar-refractivity contribution < 1.29 is 28.8 Å². The number of hydrogen-bond acceptors (Lipinski definition) is 5. The fourth-order valence-electron chi connectivity index (χ4n) is 2.30. The molecule has 1 unspecified atom stereocenters. The number of nitrogens with zero attached hydrogens (tertiary/aromatic N) is 3. The molecule has 0 aliphatic carbocycles. The van der Waals surface area contributed by atoms with Gasteiger partial charge in [-0.3, -0.25) is 4.79 Å². The van der Waals surface area contributed by atoms with E-state index in [1.807, 2.05) is 0 Å². The number of amides is 4. The third kappa shape index (κ3) is 2.58. The Balaban J connectivity index is 2.34. The third-order valence-corrected chi connectivity index (χ3v) is 3.66. The van der Waals surface area contributed by atoms with Gasteiger partial charge in [0.25, 0.3) is 0 Å². The standard InChI is InChI=1S/C13H12ClN3O5/c1-2-17(7-10(18)19)12(21)11(20)16(13(17)22)6-8-4-3-5-9(14)15-8/h3-5H,2,6-7H2,1H3/p+1. The van der Waals surface area contributed by atoms with E-state index in [1.54, 1.807) is 12.1 Å². The number of hydrogen-bond donors (Lipinski definition) is 1. The molecule has 0 spiro atoms. The first-order valence-corrected chi connectivity index (χ1v) is 6.81. The number of imide groups is 2. The molecule has 1 atom stereocenters. The number of carboxylic acid groups (broad SMARTS) is 1. The second kappa shape index (κ2) is 5.82. The highest BCUT2D eigenvalue weighted by molar-refractivity contribution is 6.40. The van der Waals surface area contributed by atoms with Crippen molar-refractivity contribution in [2.24, 2.45) is 0 Å². The van der Waals surface area contributed by atoms with Crippen LogP contribution in [-0.4, -0.2) is 56.4 Å². The fourth-order valence-corrected chi connectivity index (χ4v) is 2.49. The largest absolute Gasteiger partial charge is 0.477 e. The second-order valence-corrected chi connectivity index (χ2v) is 5.15. The molecule has 2 heterocycles. The van der Waals surface area contributed by atoms with E-state index >= 15 is 0 Å².